The van der Waals surface area contributed by atoms with Crippen LogP contribution < -0.4 is 5.32 Å². The van der Waals surface area contributed by atoms with E-state index in [-0.39, 0.29) is 5.91 Å². The fraction of sp³-hybridized carbons (Fsp3) is 0.250. The molecule has 0 heterocycles. The molecule has 0 aromatic heterocycles. The number of carbonyl (C=O) groups is 1. The Balaban J connectivity index is 2.53. The van der Waals surface area contributed by atoms with Gasteiger partial charge in [0.05, 0.1) is 0 Å². The summed E-state index contributed by atoms with van der Waals surface area (Å²) in [6.45, 7) is 2.75. The fourth-order valence-electron chi connectivity index (χ4n) is 1.09. The van der Waals surface area contributed by atoms with Gasteiger partial charge in [-0.25, -0.2) is 0 Å². The summed E-state index contributed by atoms with van der Waals surface area (Å²) in [5.41, 5.74) is 1.01. The highest BCUT2D eigenvalue weighted by molar-refractivity contribution is 9.10. The first kappa shape index (κ1) is 12.0. The molecule has 1 N–H and O–H groups in total. The van der Waals surface area contributed by atoms with Gasteiger partial charge in [-0.2, -0.15) is 0 Å². The van der Waals surface area contributed by atoms with E-state index < -0.39 is 0 Å². The number of hydrogen-bond acceptors (Lipinski definition) is 1. The molecule has 1 aromatic rings. The SMILES string of the molecule is CCCNC(=O)C=Cc1cccc(Br)c1. The Labute approximate surface area is 98.5 Å². The molecule has 80 valence electrons. The van der Waals surface area contributed by atoms with E-state index in [0.29, 0.717) is 0 Å². The minimum absolute atomic E-state index is 0.0446. The second-order valence-electron chi connectivity index (χ2n) is 3.18. The molecule has 0 radical (unpaired) electrons. The van der Waals surface area contributed by atoms with Crippen LogP contribution in [0.1, 0.15) is 18.9 Å². The lowest BCUT2D eigenvalue weighted by Crippen LogP contribution is -2.21. The third-order valence-electron chi connectivity index (χ3n) is 1.83. The van der Waals surface area contributed by atoms with Gasteiger partial charge >= 0.3 is 0 Å². The average molecular weight is 268 g/mol. The number of nitrogens with one attached hydrogen (secondary N) is 1. The molecule has 0 aliphatic heterocycles. The van der Waals surface area contributed by atoms with E-state index in [1.807, 2.05) is 31.2 Å². The molecular weight excluding hydrogens is 254 g/mol. The summed E-state index contributed by atoms with van der Waals surface area (Å²) >= 11 is 3.38. The highest BCUT2D eigenvalue weighted by atomic mass is 79.9. The van der Waals surface area contributed by atoms with Crippen LogP contribution in [0.2, 0.25) is 0 Å². The van der Waals surface area contributed by atoms with Crippen LogP contribution in [-0.4, -0.2) is 12.5 Å². The molecule has 0 bridgehead atoms. The van der Waals surface area contributed by atoms with E-state index in [1.54, 1.807) is 12.2 Å². The molecule has 3 heteroatoms. The van der Waals surface area contributed by atoms with Crippen molar-refractivity contribution in [2.45, 2.75) is 13.3 Å². The van der Waals surface area contributed by atoms with Gasteiger partial charge in [-0.05, 0) is 30.2 Å². The molecule has 1 rings (SSSR count). The van der Waals surface area contributed by atoms with Gasteiger partial charge in [-0.15, -0.1) is 0 Å². The third-order valence-corrected chi connectivity index (χ3v) is 2.32. The van der Waals surface area contributed by atoms with Crippen molar-refractivity contribution in [2.75, 3.05) is 6.54 Å². The van der Waals surface area contributed by atoms with Gasteiger partial charge in [0.2, 0.25) is 5.91 Å². The molecule has 2 nitrogen and oxygen atoms in total. The lowest BCUT2D eigenvalue weighted by atomic mass is 10.2. The number of hydrogen-bond donors (Lipinski definition) is 1. The van der Waals surface area contributed by atoms with Gasteiger partial charge in [-0.1, -0.05) is 35.0 Å². The Hall–Kier alpha value is -1.09. The summed E-state index contributed by atoms with van der Waals surface area (Å²) in [4.78, 5) is 11.3. The van der Waals surface area contributed by atoms with Gasteiger partial charge in [0.15, 0.2) is 0 Å². The van der Waals surface area contributed by atoms with Gasteiger partial charge in [0, 0.05) is 17.1 Å². The van der Waals surface area contributed by atoms with Gasteiger partial charge in [-0.3, -0.25) is 4.79 Å². The first-order chi connectivity index (χ1) is 7.22. The summed E-state index contributed by atoms with van der Waals surface area (Å²) in [6, 6.07) is 7.81. The normalized spacial score (nSPS) is 10.5. The summed E-state index contributed by atoms with van der Waals surface area (Å²) in [7, 11) is 0. The van der Waals surface area contributed by atoms with Crippen molar-refractivity contribution in [3.63, 3.8) is 0 Å². The fourth-order valence-corrected chi connectivity index (χ4v) is 1.51. The van der Waals surface area contributed by atoms with Crippen molar-refractivity contribution in [1.29, 1.82) is 0 Å². The van der Waals surface area contributed by atoms with Crippen LogP contribution in [0.5, 0.6) is 0 Å². The summed E-state index contributed by atoms with van der Waals surface area (Å²) in [5.74, 6) is -0.0446. The summed E-state index contributed by atoms with van der Waals surface area (Å²) in [5, 5.41) is 2.78. The monoisotopic (exact) mass is 267 g/mol. The minimum Gasteiger partial charge on any atom is -0.353 e. The van der Waals surface area contributed by atoms with E-state index in [2.05, 4.69) is 21.2 Å². The van der Waals surface area contributed by atoms with Crippen molar-refractivity contribution in [1.82, 2.24) is 5.32 Å². The molecule has 1 amide bonds. The van der Waals surface area contributed by atoms with Crippen LogP contribution in [0.25, 0.3) is 6.08 Å². The number of carbonyl (C=O) groups excluding carboxylic acids is 1. The lowest BCUT2D eigenvalue weighted by Gasteiger charge is -1.97. The first-order valence-electron chi connectivity index (χ1n) is 4.94. The zero-order chi connectivity index (χ0) is 11.1. The second kappa shape index (κ2) is 6.40. The summed E-state index contributed by atoms with van der Waals surface area (Å²) < 4.78 is 1.01. The summed E-state index contributed by atoms with van der Waals surface area (Å²) in [6.07, 6.45) is 4.31. The topological polar surface area (TPSA) is 29.1 Å². The van der Waals surface area contributed by atoms with Crippen LogP contribution in [0.3, 0.4) is 0 Å². The molecule has 0 unspecified atom stereocenters. The van der Waals surface area contributed by atoms with Gasteiger partial charge in [0.1, 0.15) is 0 Å². The molecule has 0 fully saturated rings. The molecule has 0 saturated heterocycles. The number of amides is 1. The number of halogens is 1. The van der Waals surface area contributed by atoms with Crippen LogP contribution >= 0.6 is 15.9 Å². The average Bonchev–Trinajstić information content (AvgIpc) is 2.23. The Kier molecular flexibility index (Phi) is 5.12. The smallest absolute Gasteiger partial charge is 0.243 e. The molecule has 0 aliphatic rings. The molecule has 0 saturated carbocycles. The van der Waals surface area contributed by atoms with Crippen molar-refractivity contribution < 1.29 is 4.79 Å². The minimum atomic E-state index is -0.0446. The third kappa shape index (κ3) is 4.79. The Bertz CT molecular complexity index is 360. The van der Waals surface area contributed by atoms with E-state index in [1.165, 1.54) is 0 Å². The Morgan fingerprint density at radius 2 is 2.33 bits per heavy atom. The highest BCUT2D eigenvalue weighted by Crippen LogP contribution is 2.12. The van der Waals surface area contributed by atoms with Crippen molar-refractivity contribution in [2.24, 2.45) is 0 Å². The standard InChI is InChI=1S/C12H14BrNO/c1-2-8-14-12(15)7-6-10-4-3-5-11(13)9-10/h3-7,9H,2,8H2,1H3,(H,14,15). The predicted molar refractivity (Wildman–Crippen MR) is 66.5 cm³/mol. The number of rotatable bonds is 4. The maximum Gasteiger partial charge on any atom is 0.243 e. The Morgan fingerprint density at radius 1 is 1.53 bits per heavy atom. The van der Waals surface area contributed by atoms with Crippen molar-refractivity contribution in [3.05, 3.63) is 40.4 Å². The van der Waals surface area contributed by atoms with E-state index in [9.17, 15) is 4.79 Å². The first-order valence-corrected chi connectivity index (χ1v) is 5.73. The molecule has 1 aromatic carbocycles. The highest BCUT2D eigenvalue weighted by Gasteiger charge is 1.93. The molecule has 15 heavy (non-hydrogen) atoms. The van der Waals surface area contributed by atoms with Crippen LogP contribution in [0, 0.1) is 0 Å². The largest absolute Gasteiger partial charge is 0.353 e. The van der Waals surface area contributed by atoms with Gasteiger partial charge in [0.25, 0.3) is 0 Å². The maximum atomic E-state index is 11.3. The van der Waals surface area contributed by atoms with Gasteiger partial charge < -0.3 is 5.32 Å². The van der Waals surface area contributed by atoms with E-state index in [4.69, 9.17) is 0 Å². The molecule has 0 atom stereocenters. The van der Waals surface area contributed by atoms with E-state index in [0.717, 1.165) is 23.0 Å². The molecular formula is C12H14BrNO. The van der Waals surface area contributed by atoms with E-state index >= 15 is 0 Å². The van der Waals surface area contributed by atoms with Crippen LogP contribution in [0.4, 0.5) is 0 Å². The van der Waals surface area contributed by atoms with Crippen molar-refractivity contribution >= 4 is 27.9 Å². The zero-order valence-corrected chi connectivity index (χ0v) is 10.3. The predicted octanol–water partition coefficient (Wildman–Crippen LogP) is 2.99. The van der Waals surface area contributed by atoms with Crippen molar-refractivity contribution in [3.8, 4) is 0 Å². The Morgan fingerprint density at radius 3 is 3.00 bits per heavy atom. The maximum absolute atomic E-state index is 11.3. The molecule has 0 aliphatic carbocycles. The van der Waals surface area contributed by atoms with Crippen LogP contribution in [0.15, 0.2) is 34.8 Å². The quantitative estimate of drug-likeness (QED) is 0.836. The zero-order valence-electron chi connectivity index (χ0n) is 8.66. The van der Waals surface area contributed by atoms with Crippen LogP contribution in [-0.2, 0) is 4.79 Å². The molecule has 0 spiro atoms. The lowest BCUT2D eigenvalue weighted by molar-refractivity contribution is -0.116. The second-order valence-corrected chi connectivity index (χ2v) is 4.10. The number of benzene rings is 1.